The topological polar surface area (TPSA) is 35.2 Å². The molecule has 0 amide bonds. The molecule has 2 nitrogen and oxygen atoms in total. The van der Waals surface area contributed by atoms with Gasteiger partial charge in [0.2, 0.25) is 0 Å². The second-order valence-corrected chi connectivity index (χ2v) is 5.13. The van der Waals surface area contributed by atoms with Crippen molar-refractivity contribution in [1.29, 1.82) is 0 Å². The summed E-state index contributed by atoms with van der Waals surface area (Å²) < 4.78 is 5.86. The van der Waals surface area contributed by atoms with Crippen LogP contribution in [0.25, 0.3) is 10.8 Å². The van der Waals surface area contributed by atoms with E-state index in [1.165, 1.54) is 16.3 Å². The van der Waals surface area contributed by atoms with Gasteiger partial charge in [0.25, 0.3) is 0 Å². The number of fused-ring (bicyclic) bond motifs is 1. The van der Waals surface area contributed by atoms with Crippen molar-refractivity contribution in [2.24, 2.45) is 5.73 Å². The highest BCUT2D eigenvalue weighted by Crippen LogP contribution is 2.28. The zero-order valence-corrected chi connectivity index (χ0v) is 11.5. The number of hydrogen-bond donors (Lipinski definition) is 1. The van der Waals surface area contributed by atoms with Crippen molar-refractivity contribution in [2.45, 2.75) is 6.42 Å². The van der Waals surface area contributed by atoms with Crippen LogP contribution >= 0.6 is 11.8 Å². The summed E-state index contributed by atoms with van der Waals surface area (Å²) in [5, 5.41) is 2.50. The summed E-state index contributed by atoms with van der Waals surface area (Å²) in [5.41, 5.74) is 6.95. The molecule has 0 saturated carbocycles. The number of benzene rings is 2. The number of rotatable bonds is 6. The van der Waals surface area contributed by atoms with E-state index >= 15 is 0 Å². The molecule has 18 heavy (non-hydrogen) atoms. The van der Waals surface area contributed by atoms with Gasteiger partial charge in [-0.1, -0.05) is 30.3 Å². The SMILES string of the molecule is CSCCOc1ccc2ccccc2c1CCN. The summed E-state index contributed by atoms with van der Waals surface area (Å²) in [6.45, 7) is 1.39. The van der Waals surface area contributed by atoms with Gasteiger partial charge in [0, 0.05) is 11.3 Å². The van der Waals surface area contributed by atoms with Gasteiger partial charge in [-0.05, 0) is 36.1 Å². The van der Waals surface area contributed by atoms with Gasteiger partial charge in [-0.15, -0.1) is 0 Å². The molecule has 0 atom stereocenters. The van der Waals surface area contributed by atoms with Crippen molar-refractivity contribution in [1.82, 2.24) is 0 Å². The van der Waals surface area contributed by atoms with Crippen LogP contribution in [0.2, 0.25) is 0 Å². The standard InChI is InChI=1S/C15H19NOS/c1-18-11-10-17-15-7-6-12-4-2-3-5-13(12)14(15)8-9-16/h2-7H,8-11,16H2,1H3. The van der Waals surface area contributed by atoms with E-state index in [1.807, 2.05) is 0 Å². The van der Waals surface area contributed by atoms with Crippen molar-refractivity contribution in [3.63, 3.8) is 0 Å². The van der Waals surface area contributed by atoms with Crippen molar-refractivity contribution < 1.29 is 4.74 Å². The minimum Gasteiger partial charge on any atom is -0.492 e. The van der Waals surface area contributed by atoms with Gasteiger partial charge in [0.15, 0.2) is 0 Å². The Morgan fingerprint density at radius 1 is 1.17 bits per heavy atom. The van der Waals surface area contributed by atoms with Crippen LogP contribution in [0.4, 0.5) is 0 Å². The molecule has 2 rings (SSSR count). The van der Waals surface area contributed by atoms with Crippen LogP contribution in [0.1, 0.15) is 5.56 Å². The zero-order valence-electron chi connectivity index (χ0n) is 10.7. The van der Waals surface area contributed by atoms with Crippen molar-refractivity contribution in [3.05, 3.63) is 42.0 Å². The Morgan fingerprint density at radius 3 is 2.78 bits per heavy atom. The normalized spacial score (nSPS) is 10.8. The van der Waals surface area contributed by atoms with E-state index < -0.39 is 0 Å². The van der Waals surface area contributed by atoms with Crippen LogP contribution < -0.4 is 10.5 Å². The smallest absolute Gasteiger partial charge is 0.123 e. The Hall–Kier alpha value is -1.19. The van der Waals surface area contributed by atoms with Crippen molar-refractivity contribution in [2.75, 3.05) is 25.2 Å². The van der Waals surface area contributed by atoms with Crippen LogP contribution in [0.15, 0.2) is 36.4 Å². The van der Waals surface area contributed by atoms with Crippen LogP contribution in [0.3, 0.4) is 0 Å². The fourth-order valence-corrected chi connectivity index (χ4v) is 2.34. The third-order valence-corrected chi connectivity index (χ3v) is 3.51. The van der Waals surface area contributed by atoms with E-state index in [1.54, 1.807) is 11.8 Å². The first-order valence-electron chi connectivity index (χ1n) is 6.19. The molecule has 0 saturated heterocycles. The second kappa shape index (κ2) is 6.66. The molecule has 96 valence electrons. The van der Waals surface area contributed by atoms with Crippen molar-refractivity contribution >= 4 is 22.5 Å². The van der Waals surface area contributed by atoms with Gasteiger partial charge in [0.05, 0.1) is 6.61 Å². The molecular weight excluding hydrogens is 242 g/mol. The molecule has 0 radical (unpaired) electrons. The van der Waals surface area contributed by atoms with Gasteiger partial charge >= 0.3 is 0 Å². The minimum atomic E-state index is 0.646. The molecule has 3 heteroatoms. The highest BCUT2D eigenvalue weighted by atomic mass is 32.2. The van der Waals surface area contributed by atoms with Gasteiger partial charge in [0.1, 0.15) is 5.75 Å². The summed E-state index contributed by atoms with van der Waals surface area (Å²) >= 11 is 1.79. The third kappa shape index (κ3) is 2.98. The molecule has 2 N–H and O–H groups in total. The molecule has 2 aromatic carbocycles. The maximum Gasteiger partial charge on any atom is 0.123 e. The number of hydrogen-bond acceptors (Lipinski definition) is 3. The molecule has 2 aromatic rings. The molecule has 0 bridgehead atoms. The first-order chi connectivity index (χ1) is 8.86. The highest BCUT2D eigenvalue weighted by molar-refractivity contribution is 7.98. The lowest BCUT2D eigenvalue weighted by Crippen LogP contribution is -2.07. The van der Waals surface area contributed by atoms with Crippen LogP contribution in [0, 0.1) is 0 Å². The Balaban J connectivity index is 2.35. The Kier molecular flexibility index (Phi) is 4.90. The zero-order chi connectivity index (χ0) is 12.8. The van der Waals surface area contributed by atoms with E-state index in [-0.39, 0.29) is 0 Å². The molecule has 0 aromatic heterocycles. The quantitative estimate of drug-likeness (QED) is 0.812. The summed E-state index contributed by atoms with van der Waals surface area (Å²) in [4.78, 5) is 0. The Morgan fingerprint density at radius 2 is 2.00 bits per heavy atom. The highest BCUT2D eigenvalue weighted by Gasteiger charge is 2.07. The maximum atomic E-state index is 5.86. The van der Waals surface area contributed by atoms with Crippen LogP contribution in [-0.2, 0) is 6.42 Å². The lowest BCUT2D eigenvalue weighted by molar-refractivity contribution is 0.341. The number of thioether (sulfide) groups is 1. The molecular formula is C15H19NOS. The van der Waals surface area contributed by atoms with Gasteiger partial charge in [-0.25, -0.2) is 0 Å². The molecule has 0 spiro atoms. The molecule has 0 aliphatic heterocycles. The van der Waals surface area contributed by atoms with Crippen LogP contribution in [0.5, 0.6) is 5.75 Å². The van der Waals surface area contributed by atoms with E-state index in [0.29, 0.717) is 6.54 Å². The van der Waals surface area contributed by atoms with Gasteiger partial charge in [-0.3, -0.25) is 0 Å². The summed E-state index contributed by atoms with van der Waals surface area (Å²) in [6, 6.07) is 12.6. The molecule has 0 unspecified atom stereocenters. The fourth-order valence-electron chi connectivity index (χ4n) is 2.09. The lowest BCUT2D eigenvalue weighted by atomic mass is 10.0. The van der Waals surface area contributed by atoms with Gasteiger partial charge in [-0.2, -0.15) is 11.8 Å². The van der Waals surface area contributed by atoms with E-state index in [4.69, 9.17) is 10.5 Å². The summed E-state index contributed by atoms with van der Waals surface area (Å²) in [7, 11) is 0. The summed E-state index contributed by atoms with van der Waals surface area (Å²) in [5.74, 6) is 1.99. The third-order valence-electron chi connectivity index (χ3n) is 2.94. The molecule has 0 aliphatic carbocycles. The first kappa shape index (κ1) is 13.2. The van der Waals surface area contributed by atoms with E-state index in [9.17, 15) is 0 Å². The maximum absolute atomic E-state index is 5.86. The lowest BCUT2D eigenvalue weighted by Gasteiger charge is -2.13. The Bertz CT molecular complexity index is 513. The Labute approximate surface area is 113 Å². The predicted molar refractivity (Wildman–Crippen MR) is 80.6 cm³/mol. The fraction of sp³-hybridized carbons (Fsp3) is 0.333. The predicted octanol–water partition coefficient (Wildman–Crippen LogP) is 3.08. The average Bonchev–Trinajstić information content (AvgIpc) is 2.41. The van der Waals surface area contributed by atoms with E-state index in [0.717, 1.165) is 24.5 Å². The number of nitrogens with two attached hydrogens (primary N) is 1. The minimum absolute atomic E-state index is 0.646. The molecule has 0 aliphatic rings. The average molecular weight is 261 g/mol. The summed E-state index contributed by atoms with van der Waals surface area (Å²) in [6.07, 6.45) is 2.94. The van der Waals surface area contributed by atoms with Gasteiger partial charge < -0.3 is 10.5 Å². The first-order valence-corrected chi connectivity index (χ1v) is 7.58. The van der Waals surface area contributed by atoms with Crippen molar-refractivity contribution in [3.8, 4) is 5.75 Å². The largest absolute Gasteiger partial charge is 0.492 e. The van der Waals surface area contributed by atoms with Crippen LogP contribution in [-0.4, -0.2) is 25.2 Å². The number of ether oxygens (including phenoxy) is 1. The van der Waals surface area contributed by atoms with E-state index in [2.05, 4.69) is 42.7 Å². The molecule has 0 fully saturated rings. The monoisotopic (exact) mass is 261 g/mol. The molecule has 0 heterocycles. The second-order valence-electron chi connectivity index (χ2n) is 4.14.